The summed E-state index contributed by atoms with van der Waals surface area (Å²) in [5.74, 6) is -1.37. The quantitative estimate of drug-likeness (QED) is 0.915. The highest BCUT2D eigenvalue weighted by Crippen LogP contribution is 2.27. The molecule has 0 aliphatic rings. The fourth-order valence-corrected chi connectivity index (χ4v) is 2.29. The highest BCUT2D eigenvalue weighted by Gasteiger charge is 2.20. The van der Waals surface area contributed by atoms with E-state index in [4.69, 9.17) is 17.3 Å². The molecule has 2 nitrogen and oxygen atoms in total. The van der Waals surface area contributed by atoms with Gasteiger partial charge in [-0.2, -0.15) is 0 Å². The second kappa shape index (κ2) is 5.85. The first kappa shape index (κ1) is 13.6. The maximum Gasteiger partial charge on any atom is 0.225 e. The summed E-state index contributed by atoms with van der Waals surface area (Å²) in [6, 6.07) is 13.2. The first-order valence-electron chi connectivity index (χ1n) is 5.86. The Morgan fingerprint density at radius 1 is 1.21 bits per heavy atom. The van der Waals surface area contributed by atoms with E-state index in [2.05, 4.69) is 0 Å². The molecule has 0 saturated heterocycles. The van der Waals surface area contributed by atoms with Crippen molar-refractivity contribution in [2.24, 2.45) is 5.73 Å². The Hall–Kier alpha value is -1.87. The van der Waals surface area contributed by atoms with E-state index in [-0.39, 0.29) is 5.82 Å². The summed E-state index contributed by atoms with van der Waals surface area (Å²) in [4.78, 5) is 11.6. The van der Waals surface area contributed by atoms with E-state index in [1.807, 2.05) is 0 Å². The molecular weight excluding hydrogens is 265 g/mol. The predicted molar refractivity (Wildman–Crippen MR) is 73.5 cm³/mol. The summed E-state index contributed by atoms with van der Waals surface area (Å²) in [6.45, 7) is 0. The van der Waals surface area contributed by atoms with Crippen LogP contribution in [0.1, 0.15) is 17.0 Å². The van der Waals surface area contributed by atoms with Gasteiger partial charge in [-0.1, -0.05) is 41.9 Å². The molecule has 0 aliphatic carbocycles. The van der Waals surface area contributed by atoms with Crippen LogP contribution in [-0.2, 0) is 11.2 Å². The molecule has 0 fully saturated rings. The molecule has 0 unspecified atom stereocenters. The number of primary amides is 1. The molecule has 0 saturated carbocycles. The number of hydrogen-bond acceptors (Lipinski definition) is 1. The second-order valence-electron chi connectivity index (χ2n) is 4.31. The lowest BCUT2D eigenvalue weighted by Crippen LogP contribution is -2.23. The van der Waals surface area contributed by atoms with E-state index in [0.717, 1.165) is 0 Å². The number of rotatable bonds is 4. The first-order chi connectivity index (χ1) is 9.08. The van der Waals surface area contributed by atoms with E-state index in [1.165, 1.54) is 12.1 Å². The number of benzene rings is 2. The third-order valence-corrected chi connectivity index (χ3v) is 3.30. The Balaban J connectivity index is 2.32. The first-order valence-corrected chi connectivity index (χ1v) is 6.24. The van der Waals surface area contributed by atoms with Gasteiger partial charge in [0.15, 0.2) is 0 Å². The molecule has 2 N–H and O–H groups in total. The molecule has 0 radical (unpaired) electrons. The van der Waals surface area contributed by atoms with Gasteiger partial charge in [0.05, 0.1) is 5.92 Å². The monoisotopic (exact) mass is 277 g/mol. The van der Waals surface area contributed by atoms with Crippen LogP contribution in [0.25, 0.3) is 0 Å². The number of carbonyl (C=O) groups excluding carboxylic acids is 1. The molecule has 2 rings (SSSR count). The van der Waals surface area contributed by atoms with Crippen LogP contribution in [0.4, 0.5) is 4.39 Å². The molecule has 0 bridgehead atoms. The number of halogens is 2. The van der Waals surface area contributed by atoms with E-state index < -0.39 is 11.8 Å². The number of hydrogen-bond donors (Lipinski definition) is 1. The summed E-state index contributed by atoms with van der Waals surface area (Å²) in [5, 5.41) is 0.489. The van der Waals surface area contributed by atoms with Crippen LogP contribution < -0.4 is 5.73 Å². The van der Waals surface area contributed by atoms with Gasteiger partial charge in [0.25, 0.3) is 0 Å². The molecule has 2 aromatic carbocycles. The van der Waals surface area contributed by atoms with Crippen molar-refractivity contribution in [1.29, 1.82) is 0 Å². The highest BCUT2D eigenvalue weighted by molar-refractivity contribution is 6.31. The van der Waals surface area contributed by atoms with Gasteiger partial charge in [-0.05, 0) is 35.7 Å². The van der Waals surface area contributed by atoms with Gasteiger partial charge in [-0.25, -0.2) is 4.39 Å². The molecule has 98 valence electrons. The number of carbonyl (C=O) groups is 1. The topological polar surface area (TPSA) is 43.1 Å². The van der Waals surface area contributed by atoms with Crippen LogP contribution in [-0.4, -0.2) is 5.91 Å². The van der Waals surface area contributed by atoms with Crippen molar-refractivity contribution in [3.8, 4) is 0 Å². The van der Waals surface area contributed by atoms with Gasteiger partial charge < -0.3 is 5.73 Å². The fraction of sp³-hybridized carbons (Fsp3) is 0.133. The lowest BCUT2D eigenvalue weighted by atomic mass is 9.91. The molecule has 2 aromatic rings. The highest BCUT2D eigenvalue weighted by atomic mass is 35.5. The number of nitrogens with two attached hydrogens (primary N) is 1. The van der Waals surface area contributed by atoms with Crippen molar-refractivity contribution in [2.75, 3.05) is 0 Å². The summed E-state index contributed by atoms with van der Waals surface area (Å²) >= 11 is 6.08. The molecule has 1 amide bonds. The van der Waals surface area contributed by atoms with Crippen LogP contribution in [0.5, 0.6) is 0 Å². The molecule has 0 spiro atoms. The van der Waals surface area contributed by atoms with Crippen LogP contribution in [0.15, 0.2) is 48.5 Å². The Bertz CT molecular complexity index is 600. The van der Waals surface area contributed by atoms with Crippen molar-refractivity contribution in [3.05, 3.63) is 70.5 Å². The van der Waals surface area contributed by atoms with Crippen molar-refractivity contribution >= 4 is 17.5 Å². The van der Waals surface area contributed by atoms with E-state index in [9.17, 15) is 9.18 Å². The summed E-state index contributed by atoms with van der Waals surface area (Å²) in [5.41, 5.74) is 6.81. The maximum absolute atomic E-state index is 13.2. The van der Waals surface area contributed by atoms with Crippen LogP contribution in [0.3, 0.4) is 0 Å². The zero-order chi connectivity index (χ0) is 13.8. The Kier molecular flexibility index (Phi) is 4.17. The fourth-order valence-electron chi connectivity index (χ4n) is 2.02. The minimum absolute atomic E-state index is 0.330. The zero-order valence-electron chi connectivity index (χ0n) is 10.1. The molecular formula is C15H13ClFNO. The van der Waals surface area contributed by atoms with Gasteiger partial charge in [0.2, 0.25) is 5.91 Å². The summed E-state index contributed by atoms with van der Waals surface area (Å²) in [7, 11) is 0. The number of amides is 1. The van der Waals surface area contributed by atoms with Crippen LogP contribution in [0.2, 0.25) is 5.02 Å². The van der Waals surface area contributed by atoms with Gasteiger partial charge in [0.1, 0.15) is 5.82 Å². The summed E-state index contributed by atoms with van der Waals surface area (Å²) in [6.07, 6.45) is 0.330. The van der Waals surface area contributed by atoms with E-state index in [1.54, 1.807) is 36.4 Å². The standard InChI is InChI=1S/C15H13ClFNO/c16-14-7-2-1-6-12(14)13(15(18)19)9-10-4-3-5-11(17)8-10/h1-8,13H,9H2,(H2,18,19)/t13-/m1/s1. The molecule has 0 heterocycles. The third kappa shape index (κ3) is 3.32. The maximum atomic E-state index is 13.2. The van der Waals surface area contributed by atoms with Gasteiger partial charge in [0, 0.05) is 5.02 Å². The minimum atomic E-state index is -0.560. The van der Waals surface area contributed by atoms with E-state index in [0.29, 0.717) is 22.6 Å². The Labute approximate surface area is 116 Å². The molecule has 19 heavy (non-hydrogen) atoms. The second-order valence-corrected chi connectivity index (χ2v) is 4.72. The summed E-state index contributed by atoms with van der Waals surface area (Å²) < 4.78 is 13.2. The normalized spacial score (nSPS) is 12.1. The lowest BCUT2D eigenvalue weighted by Gasteiger charge is -2.15. The molecule has 0 aromatic heterocycles. The third-order valence-electron chi connectivity index (χ3n) is 2.95. The average Bonchev–Trinajstić information content (AvgIpc) is 2.37. The van der Waals surface area contributed by atoms with Crippen molar-refractivity contribution < 1.29 is 9.18 Å². The van der Waals surface area contributed by atoms with Crippen LogP contribution >= 0.6 is 11.6 Å². The molecule has 1 atom stereocenters. The Morgan fingerprint density at radius 2 is 1.95 bits per heavy atom. The van der Waals surface area contributed by atoms with Crippen molar-refractivity contribution in [2.45, 2.75) is 12.3 Å². The smallest absolute Gasteiger partial charge is 0.225 e. The van der Waals surface area contributed by atoms with Gasteiger partial charge >= 0.3 is 0 Å². The molecule has 0 aliphatic heterocycles. The minimum Gasteiger partial charge on any atom is -0.369 e. The SMILES string of the molecule is NC(=O)[C@H](Cc1cccc(F)c1)c1ccccc1Cl. The zero-order valence-corrected chi connectivity index (χ0v) is 10.9. The van der Waals surface area contributed by atoms with Crippen LogP contribution in [0, 0.1) is 5.82 Å². The Morgan fingerprint density at radius 3 is 2.58 bits per heavy atom. The molecule has 4 heteroatoms. The largest absolute Gasteiger partial charge is 0.369 e. The van der Waals surface area contributed by atoms with Gasteiger partial charge in [-0.15, -0.1) is 0 Å². The van der Waals surface area contributed by atoms with E-state index >= 15 is 0 Å². The lowest BCUT2D eigenvalue weighted by molar-refractivity contribution is -0.119. The van der Waals surface area contributed by atoms with Crippen molar-refractivity contribution in [1.82, 2.24) is 0 Å². The van der Waals surface area contributed by atoms with Crippen molar-refractivity contribution in [3.63, 3.8) is 0 Å². The average molecular weight is 278 g/mol. The van der Waals surface area contributed by atoms with Gasteiger partial charge in [-0.3, -0.25) is 4.79 Å². The predicted octanol–water partition coefficient (Wildman–Crippen LogP) is 3.29.